The van der Waals surface area contributed by atoms with Gasteiger partial charge in [-0.2, -0.15) is 4.98 Å². The fourth-order valence-corrected chi connectivity index (χ4v) is 2.19. The third-order valence-corrected chi connectivity index (χ3v) is 3.12. The molecule has 96 valence electrons. The van der Waals surface area contributed by atoms with E-state index in [2.05, 4.69) is 29.3 Å². The zero-order valence-electron chi connectivity index (χ0n) is 10.8. The number of aromatic nitrogens is 2. The molecule has 1 aromatic rings. The van der Waals surface area contributed by atoms with Gasteiger partial charge >= 0.3 is 0 Å². The van der Waals surface area contributed by atoms with Crippen molar-refractivity contribution in [3.63, 3.8) is 0 Å². The van der Waals surface area contributed by atoms with Crippen LogP contribution in [0, 0.1) is 5.92 Å². The summed E-state index contributed by atoms with van der Waals surface area (Å²) in [4.78, 5) is 4.47. The van der Waals surface area contributed by atoms with Crippen LogP contribution in [-0.4, -0.2) is 36.4 Å². The van der Waals surface area contributed by atoms with Crippen LogP contribution in [0.5, 0.6) is 0 Å². The predicted molar refractivity (Wildman–Crippen MR) is 63.9 cm³/mol. The number of likely N-dealkylation sites (N-methyl/N-ethyl adjacent to an activating group) is 1. The van der Waals surface area contributed by atoms with Crippen LogP contribution in [0.4, 0.5) is 0 Å². The van der Waals surface area contributed by atoms with Crippen molar-refractivity contribution in [3.8, 4) is 0 Å². The summed E-state index contributed by atoms with van der Waals surface area (Å²) in [5.41, 5.74) is 0. The van der Waals surface area contributed by atoms with Crippen LogP contribution in [0.15, 0.2) is 4.52 Å². The largest absolute Gasteiger partial charge is 0.381 e. The lowest BCUT2D eigenvalue weighted by molar-refractivity contribution is 0.0516. The van der Waals surface area contributed by atoms with Gasteiger partial charge in [0.25, 0.3) is 0 Å². The van der Waals surface area contributed by atoms with Crippen molar-refractivity contribution in [2.45, 2.75) is 38.6 Å². The monoisotopic (exact) mass is 239 g/mol. The maximum absolute atomic E-state index is 5.49. The van der Waals surface area contributed by atoms with Gasteiger partial charge in [0.15, 0.2) is 5.82 Å². The molecule has 0 amide bonds. The molecule has 1 fully saturated rings. The summed E-state index contributed by atoms with van der Waals surface area (Å²) in [5.74, 6) is 2.24. The lowest BCUT2D eigenvalue weighted by Crippen LogP contribution is -2.39. The van der Waals surface area contributed by atoms with Gasteiger partial charge in [0.05, 0.1) is 12.5 Å². The van der Waals surface area contributed by atoms with Crippen LogP contribution >= 0.6 is 0 Å². The molecule has 1 aliphatic heterocycles. The van der Waals surface area contributed by atoms with E-state index in [0.29, 0.717) is 24.5 Å². The van der Waals surface area contributed by atoms with E-state index in [0.717, 1.165) is 25.3 Å². The summed E-state index contributed by atoms with van der Waals surface area (Å²) < 4.78 is 10.8. The minimum Gasteiger partial charge on any atom is -0.381 e. The molecule has 1 N–H and O–H groups in total. The summed E-state index contributed by atoms with van der Waals surface area (Å²) >= 11 is 0. The molecule has 5 nitrogen and oxygen atoms in total. The Kier molecular flexibility index (Phi) is 4.12. The Morgan fingerprint density at radius 1 is 1.47 bits per heavy atom. The molecular weight excluding hydrogens is 218 g/mol. The SMILES string of the molecule is CNC1CCOCC1c1nc(CC(C)C)no1. The molecule has 17 heavy (non-hydrogen) atoms. The maximum Gasteiger partial charge on any atom is 0.233 e. The highest BCUT2D eigenvalue weighted by Crippen LogP contribution is 2.24. The number of hydrogen-bond donors (Lipinski definition) is 1. The Hall–Kier alpha value is -0.940. The Morgan fingerprint density at radius 2 is 2.29 bits per heavy atom. The first-order valence-electron chi connectivity index (χ1n) is 6.28. The Bertz CT molecular complexity index is 351. The Balaban J connectivity index is 2.07. The molecule has 2 unspecified atom stereocenters. The molecule has 1 aromatic heterocycles. The van der Waals surface area contributed by atoms with Gasteiger partial charge in [0.2, 0.25) is 5.89 Å². The van der Waals surface area contributed by atoms with Gasteiger partial charge in [0.1, 0.15) is 0 Å². The van der Waals surface area contributed by atoms with Crippen LogP contribution < -0.4 is 5.32 Å². The van der Waals surface area contributed by atoms with E-state index in [9.17, 15) is 0 Å². The van der Waals surface area contributed by atoms with Crippen molar-refractivity contribution in [2.24, 2.45) is 5.92 Å². The third-order valence-electron chi connectivity index (χ3n) is 3.12. The highest BCUT2D eigenvalue weighted by atomic mass is 16.5. The Labute approximate surface area is 102 Å². The number of hydrogen-bond acceptors (Lipinski definition) is 5. The number of rotatable bonds is 4. The molecule has 0 saturated carbocycles. The topological polar surface area (TPSA) is 60.2 Å². The minimum atomic E-state index is 0.183. The standard InChI is InChI=1S/C12H21N3O2/c1-8(2)6-11-14-12(17-15-11)9-7-16-5-4-10(9)13-3/h8-10,13H,4-7H2,1-3H3. The maximum atomic E-state index is 5.49. The average molecular weight is 239 g/mol. The molecule has 2 atom stereocenters. The molecule has 0 radical (unpaired) electrons. The number of ether oxygens (including phenoxy) is 1. The zero-order chi connectivity index (χ0) is 12.3. The molecule has 0 aromatic carbocycles. The van der Waals surface area contributed by atoms with Crippen molar-refractivity contribution < 1.29 is 9.26 Å². The van der Waals surface area contributed by atoms with Crippen LogP contribution in [0.2, 0.25) is 0 Å². The van der Waals surface area contributed by atoms with E-state index in [-0.39, 0.29) is 5.92 Å². The van der Waals surface area contributed by atoms with Gasteiger partial charge in [-0.15, -0.1) is 0 Å². The van der Waals surface area contributed by atoms with E-state index in [1.54, 1.807) is 0 Å². The molecule has 0 bridgehead atoms. The van der Waals surface area contributed by atoms with Gasteiger partial charge in [-0.1, -0.05) is 19.0 Å². The van der Waals surface area contributed by atoms with Crippen LogP contribution in [0.1, 0.15) is 37.9 Å². The van der Waals surface area contributed by atoms with Crippen LogP contribution in [-0.2, 0) is 11.2 Å². The fourth-order valence-electron chi connectivity index (χ4n) is 2.19. The quantitative estimate of drug-likeness (QED) is 0.859. The van der Waals surface area contributed by atoms with Crippen molar-refractivity contribution in [1.82, 2.24) is 15.5 Å². The fraction of sp³-hybridized carbons (Fsp3) is 0.833. The van der Waals surface area contributed by atoms with E-state index < -0.39 is 0 Å². The van der Waals surface area contributed by atoms with Crippen LogP contribution in [0.25, 0.3) is 0 Å². The van der Waals surface area contributed by atoms with Gasteiger partial charge in [0, 0.05) is 19.1 Å². The highest BCUT2D eigenvalue weighted by Gasteiger charge is 2.30. The lowest BCUT2D eigenvalue weighted by atomic mass is 9.96. The molecule has 2 heterocycles. The normalized spacial score (nSPS) is 25.4. The number of nitrogens with one attached hydrogen (secondary N) is 1. The van der Waals surface area contributed by atoms with Crippen molar-refractivity contribution in [2.75, 3.05) is 20.3 Å². The Morgan fingerprint density at radius 3 is 3.00 bits per heavy atom. The first-order chi connectivity index (χ1) is 8.20. The lowest BCUT2D eigenvalue weighted by Gasteiger charge is -2.28. The molecular formula is C12H21N3O2. The second-order valence-corrected chi connectivity index (χ2v) is 5.01. The van der Waals surface area contributed by atoms with E-state index >= 15 is 0 Å². The minimum absolute atomic E-state index is 0.183. The van der Waals surface area contributed by atoms with Crippen molar-refractivity contribution >= 4 is 0 Å². The molecule has 1 aliphatic rings. The van der Waals surface area contributed by atoms with Gasteiger partial charge in [-0.3, -0.25) is 0 Å². The van der Waals surface area contributed by atoms with Gasteiger partial charge in [-0.25, -0.2) is 0 Å². The van der Waals surface area contributed by atoms with Gasteiger partial charge < -0.3 is 14.6 Å². The average Bonchev–Trinajstić information content (AvgIpc) is 2.76. The first kappa shape index (κ1) is 12.5. The smallest absolute Gasteiger partial charge is 0.233 e. The molecule has 5 heteroatoms. The van der Waals surface area contributed by atoms with E-state index in [4.69, 9.17) is 9.26 Å². The second kappa shape index (κ2) is 5.60. The molecule has 0 aliphatic carbocycles. The summed E-state index contributed by atoms with van der Waals surface area (Å²) in [6.45, 7) is 5.76. The predicted octanol–water partition coefficient (Wildman–Crippen LogP) is 1.36. The highest BCUT2D eigenvalue weighted by molar-refractivity contribution is 5.01. The van der Waals surface area contributed by atoms with Crippen LogP contribution in [0.3, 0.4) is 0 Å². The summed E-state index contributed by atoms with van der Waals surface area (Å²) in [6, 6.07) is 0.371. The third kappa shape index (κ3) is 3.04. The first-order valence-corrected chi connectivity index (χ1v) is 6.28. The van der Waals surface area contributed by atoms with E-state index in [1.807, 2.05) is 7.05 Å². The zero-order valence-corrected chi connectivity index (χ0v) is 10.8. The van der Waals surface area contributed by atoms with E-state index in [1.165, 1.54) is 0 Å². The summed E-state index contributed by atoms with van der Waals surface area (Å²) in [7, 11) is 1.97. The summed E-state index contributed by atoms with van der Waals surface area (Å²) in [5, 5.41) is 7.33. The second-order valence-electron chi connectivity index (χ2n) is 5.01. The molecule has 0 spiro atoms. The van der Waals surface area contributed by atoms with Crippen molar-refractivity contribution in [3.05, 3.63) is 11.7 Å². The van der Waals surface area contributed by atoms with Gasteiger partial charge in [-0.05, 0) is 19.4 Å². The number of nitrogens with zero attached hydrogens (tertiary/aromatic N) is 2. The molecule has 2 rings (SSSR count). The van der Waals surface area contributed by atoms with Crippen molar-refractivity contribution in [1.29, 1.82) is 0 Å². The molecule has 1 saturated heterocycles. The summed E-state index contributed by atoms with van der Waals surface area (Å²) in [6.07, 6.45) is 1.85.